The summed E-state index contributed by atoms with van der Waals surface area (Å²) in [6.45, 7) is 0. The number of hydrogen-bond acceptors (Lipinski definition) is 3. The normalized spacial score (nSPS) is 13.1. The molecule has 0 aliphatic heterocycles. The molecule has 0 fully saturated rings. The first-order valence-corrected chi connectivity index (χ1v) is 6.32. The van der Waals surface area contributed by atoms with E-state index in [0.29, 0.717) is 4.67 Å². The minimum absolute atomic E-state index is 0.110. The lowest BCUT2D eigenvalue weighted by atomic mass is 10.1. The molecule has 14 heavy (non-hydrogen) atoms. The van der Waals surface area contributed by atoms with Crippen LogP contribution in [0.2, 0.25) is 0 Å². The molecule has 2 heterocycles. The van der Waals surface area contributed by atoms with Crippen LogP contribution in [0.3, 0.4) is 0 Å². The summed E-state index contributed by atoms with van der Waals surface area (Å²) in [5, 5.41) is 0. The quantitative estimate of drug-likeness (QED) is 0.902. The van der Waals surface area contributed by atoms with Gasteiger partial charge in [0.2, 0.25) is 0 Å². The van der Waals surface area contributed by atoms with Crippen molar-refractivity contribution in [1.82, 2.24) is 0 Å². The maximum absolute atomic E-state index is 6.05. The second-order valence-electron chi connectivity index (χ2n) is 2.80. The summed E-state index contributed by atoms with van der Waals surface area (Å²) in [6.07, 6.45) is 1.67. The molecule has 2 aromatic rings. The van der Waals surface area contributed by atoms with E-state index in [0.717, 1.165) is 14.2 Å². The Hall–Kier alpha value is -0.100. The maximum Gasteiger partial charge on any atom is 0.169 e. The Labute approximate surface area is 102 Å². The van der Waals surface area contributed by atoms with Gasteiger partial charge in [-0.05, 0) is 50.1 Å². The molecular weight excluding hydrogens is 330 g/mol. The molecule has 0 aromatic carbocycles. The topological polar surface area (TPSA) is 39.2 Å². The van der Waals surface area contributed by atoms with Crippen LogP contribution in [-0.2, 0) is 0 Å². The molecule has 0 radical (unpaired) electrons. The third-order valence-corrected chi connectivity index (χ3v) is 3.97. The Balaban J connectivity index is 2.28. The van der Waals surface area contributed by atoms with Crippen molar-refractivity contribution in [2.75, 3.05) is 0 Å². The summed E-state index contributed by atoms with van der Waals surface area (Å²) >= 11 is 8.29. The largest absolute Gasteiger partial charge is 0.457 e. The zero-order valence-electron chi connectivity index (χ0n) is 7.04. The van der Waals surface area contributed by atoms with Crippen LogP contribution in [0.15, 0.2) is 37.3 Å². The second kappa shape index (κ2) is 4.18. The average Bonchev–Trinajstić information content (AvgIpc) is 2.73. The Morgan fingerprint density at radius 3 is 2.64 bits per heavy atom. The molecule has 0 saturated carbocycles. The highest BCUT2D eigenvalue weighted by atomic mass is 79.9. The summed E-state index contributed by atoms with van der Waals surface area (Å²) < 4.78 is 6.94. The molecule has 2 rings (SSSR count). The van der Waals surface area contributed by atoms with E-state index >= 15 is 0 Å². The van der Waals surface area contributed by atoms with Crippen LogP contribution in [0, 0.1) is 0 Å². The van der Waals surface area contributed by atoms with Crippen molar-refractivity contribution < 1.29 is 4.42 Å². The minimum Gasteiger partial charge on any atom is -0.457 e. The summed E-state index contributed by atoms with van der Waals surface area (Å²) in [6, 6.07) is 5.79. The van der Waals surface area contributed by atoms with Crippen molar-refractivity contribution in [3.63, 3.8) is 0 Å². The van der Waals surface area contributed by atoms with Gasteiger partial charge in [0.05, 0.1) is 16.1 Å². The standard InChI is InChI=1S/C9H7Br2NOS/c10-7-3-5(4-13-7)9(12)6-1-2-8(11)14-6/h1-4,9H,12H2. The van der Waals surface area contributed by atoms with E-state index in [9.17, 15) is 0 Å². The predicted octanol–water partition coefficient (Wildman–Crippen LogP) is 3.91. The predicted molar refractivity (Wildman–Crippen MR) is 64.5 cm³/mol. The number of thiophene rings is 1. The first kappa shape index (κ1) is 10.4. The summed E-state index contributed by atoms with van der Waals surface area (Å²) in [5.74, 6) is 0. The van der Waals surface area contributed by atoms with Crippen LogP contribution in [0.25, 0.3) is 0 Å². The number of halogens is 2. The third kappa shape index (κ3) is 2.11. The van der Waals surface area contributed by atoms with E-state index in [4.69, 9.17) is 10.2 Å². The van der Waals surface area contributed by atoms with Crippen molar-refractivity contribution in [1.29, 1.82) is 0 Å². The Morgan fingerprint density at radius 2 is 2.14 bits per heavy atom. The monoisotopic (exact) mass is 335 g/mol. The number of nitrogens with two attached hydrogens (primary N) is 1. The van der Waals surface area contributed by atoms with Crippen molar-refractivity contribution in [2.45, 2.75) is 6.04 Å². The molecule has 5 heteroatoms. The fourth-order valence-electron chi connectivity index (χ4n) is 1.15. The summed E-state index contributed by atoms with van der Waals surface area (Å²) in [4.78, 5) is 1.12. The van der Waals surface area contributed by atoms with Crippen LogP contribution in [-0.4, -0.2) is 0 Å². The van der Waals surface area contributed by atoms with Crippen molar-refractivity contribution in [3.8, 4) is 0 Å². The first-order valence-electron chi connectivity index (χ1n) is 3.91. The highest BCUT2D eigenvalue weighted by Crippen LogP contribution is 2.31. The van der Waals surface area contributed by atoms with E-state index < -0.39 is 0 Å². The fourth-order valence-corrected chi connectivity index (χ4v) is 2.96. The zero-order chi connectivity index (χ0) is 10.1. The van der Waals surface area contributed by atoms with E-state index in [1.807, 2.05) is 18.2 Å². The molecule has 0 spiro atoms. The highest BCUT2D eigenvalue weighted by Gasteiger charge is 2.13. The molecule has 0 aliphatic carbocycles. The summed E-state index contributed by atoms with van der Waals surface area (Å²) in [7, 11) is 0. The lowest BCUT2D eigenvalue weighted by molar-refractivity contribution is 0.537. The zero-order valence-corrected chi connectivity index (χ0v) is 11.0. The van der Waals surface area contributed by atoms with E-state index in [1.165, 1.54) is 0 Å². The molecule has 1 unspecified atom stereocenters. The highest BCUT2D eigenvalue weighted by molar-refractivity contribution is 9.11. The minimum atomic E-state index is -0.110. The SMILES string of the molecule is NC(c1coc(Br)c1)c1ccc(Br)s1. The van der Waals surface area contributed by atoms with Gasteiger partial charge in [-0.3, -0.25) is 0 Å². The molecule has 2 nitrogen and oxygen atoms in total. The van der Waals surface area contributed by atoms with Crippen LogP contribution in [0.1, 0.15) is 16.5 Å². The number of hydrogen-bond donors (Lipinski definition) is 1. The van der Waals surface area contributed by atoms with Gasteiger partial charge in [-0.25, -0.2) is 0 Å². The molecule has 1 atom stereocenters. The van der Waals surface area contributed by atoms with Gasteiger partial charge in [0.25, 0.3) is 0 Å². The summed E-state index contributed by atoms with van der Waals surface area (Å²) in [5.41, 5.74) is 7.03. The van der Waals surface area contributed by atoms with E-state index in [2.05, 4.69) is 31.9 Å². The average molecular weight is 337 g/mol. The van der Waals surface area contributed by atoms with Gasteiger partial charge in [-0.2, -0.15) is 0 Å². The number of rotatable bonds is 2. The lowest BCUT2D eigenvalue weighted by Crippen LogP contribution is -2.08. The second-order valence-corrected chi connectivity index (χ2v) is 6.08. The van der Waals surface area contributed by atoms with Crippen molar-refractivity contribution >= 4 is 43.2 Å². The molecule has 0 saturated heterocycles. The molecule has 0 bridgehead atoms. The van der Waals surface area contributed by atoms with Gasteiger partial charge < -0.3 is 10.2 Å². The molecule has 0 amide bonds. The van der Waals surface area contributed by atoms with Crippen molar-refractivity contribution in [2.24, 2.45) is 5.73 Å². The van der Waals surface area contributed by atoms with Gasteiger partial charge in [0.15, 0.2) is 4.67 Å². The van der Waals surface area contributed by atoms with Gasteiger partial charge in [-0.1, -0.05) is 0 Å². The lowest BCUT2D eigenvalue weighted by Gasteiger charge is -2.04. The maximum atomic E-state index is 6.05. The van der Waals surface area contributed by atoms with Crippen LogP contribution < -0.4 is 5.73 Å². The van der Waals surface area contributed by atoms with Gasteiger partial charge in [0.1, 0.15) is 0 Å². The molecule has 2 N–H and O–H groups in total. The van der Waals surface area contributed by atoms with Crippen LogP contribution in [0.5, 0.6) is 0 Å². The molecule has 2 aromatic heterocycles. The van der Waals surface area contributed by atoms with Gasteiger partial charge in [-0.15, -0.1) is 11.3 Å². The van der Waals surface area contributed by atoms with Gasteiger partial charge in [0, 0.05) is 10.4 Å². The van der Waals surface area contributed by atoms with Crippen LogP contribution >= 0.6 is 43.2 Å². The first-order chi connectivity index (χ1) is 6.66. The van der Waals surface area contributed by atoms with Crippen LogP contribution in [0.4, 0.5) is 0 Å². The van der Waals surface area contributed by atoms with E-state index in [1.54, 1.807) is 17.6 Å². The fraction of sp³-hybridized carbons (Fsp3) is 0.111. The molecular formula is C9H7Br2NOS. The Bertz CT molecular complexity index is 397. The van der Waals surface area contributed by atoms with Gasteiger partial charge >= 0.3 is 0 Å². The third-order valence-electron chi connectivity index (χ3n) is 1.85. The smallest absolute Gasteiger partial charge is 0.169 e. The Morgan fingerprint density at radius 1 is 1.36 bits per heavy atom. The number of furan rings is 1. The Kier molecular flexibility index (Phi) is 3.11. The van der Waals surface area contributed by atoms with E-state index in [-0.39, 0.29) is 6.04 Å². The molecule has 0 aliphatic rings. The van der Waals surface area contributed by atoms with Crippen molar-refractivity contribution in [3.05, 3.63) is 43.4 Å². The molecule has 74 valence electrons.